The van der Waals surface area contributed by atoms with Crippen LogP contribution < -0.4 is 5.32 Å². The van der Waals surface area contributed by atoms with Crippen LogP contribution in [0.25, 0.3) is 11.6 Å². The fourth-order valence-electron chi connectivity index (χ4n) is 4.13. The highest BCUT2D eigenvalue weighted by molar-refractivity contribution is 5.95. The highest BCUT2D eigenvalue weighted by atomic mass is 16.5. The minimum Gasteiger partial charge on any atom is -0.469 e. The van der Waals surface area contributed by atoms with Gasteiger partial charge in [-0.3, -0.25) is 14.6 Å². The van der Waals surface area contributed by atoms with Gasteiger partial charge in [0, 0.05) is 12.6 Å². The van der Waals surface area contributed by atoms with Gasteiger partial charge in [-0.15, -0.1) is 0 Å². The third-order valence-corrected chi connectivity index (χ3v) is 6.13. The highest BCUT2D eigenvalue weighted by Crippen LogP contribution is 2.29. The maximum absolute atomic E-state index is 12.9. The molecule has 37 heavy (non-hydrogen) atoms. The largest absolute Gasteiger partial charge is 0.469 e. The number of methoxy groups -OCH3 is 2. The van der Waals surface area contributed by atoms with Crippen molar-refractivity contribution in [2.45, 2.75) is 31.7 Å². The summed E-state index contributed by atoms with van der Waals surface area (Å²) in [5.74, 6) is -1.83. The fraction of sp³-hybridized carbons (Fsp3) is 0.267. The summed E-state index contributed by atoms with van der Waals surface area (Å²) in [6, 6.07) is 24.0. The maximum Gasteiger partial charge on any atom is 0.328 e. The number of carbonyl (C=O) groups is 3. The number of benzene rings is 2. The number of carbonyl (C=O) groups excluding carboxylic acids is 3. The van der Waals surface area contributed by atoms with E-state index in [4.69, 9.17) is 9.47 Å². The molecule has 192 valence electrons. The molecule has 0 aliphatic carbocycles. The van der Waals surface area contributed by atoms with Crippen LogP contribution in [0.1, 0.15) is 47.3 Å². The van der Waals surface area contributed by atoms with Crippen LogP contribution in [0.2, 0.25) is 0 Å². The minimum absolute atomic E-state index is 0.108. The summed E-state index contributed by atoms with van der Waals surface area (Å²) in [7, 11) is 2.61. The molecular weight excluding hydrogens is 468 g/mol. The van der Waals surface area contributed by atoms with Gasteiger partial charge in [0.2, 0.25) is 0 Å². The van der Waals surface area contributed by atoms with Crippen molar-refractivity contribution in [3.05, 3.63) is 102 Å². The number of hydrogen-bond donors (Lipinski definition) is 1. The number of esters is 2. The Morgan fingerprint density at radius 1 is 0.838 bits per heavy atom. The van der Waals surface area contributed by atoms with Crippen molar-refractivity contribution >= 4 is 29.5 Å². The molecule has 0 unspecified atom stereocenters. The third-order valence-electron chi connectivity index (χ3n) is 6.13. The van der Waals surface area contributed by atoms with Crippen LogP contribution in [0, 0.1) is 5.92 Å². The molecule has 0 spiro atoms. The number of pyridine rings is 1. The monoisotopic (exact) mass is 500 g/mol. The number of aromatic nitrogens is 1. The van der Waals surface area contributed by atoms with Gasteiger partial charge in [-0.1, -0.05) is 72.8 Å². The maximum atomic E-state index is 12.9. The average molecular weight is 501 g/mol. The van der Waals surface area contributed by atoms with Crippen molar-refractivity contribution in [3.8, 4) is 0 Å². The van der Waals surface area contributed by atoms with E-state index >= 15 is 0 Å². The summed E-state index contributed by atoms with van der Waals surface area (Å²) < 4.78 is 9.87. The van der Waals surface area contributed by atoms with Crippen LogP contribution in [-0.2, 0) is 19.1 Å². The lowest BCUT2D eigenvalue weighted by Crippen LogP contribution is -2.47. The van der Waals surface area contributed by atoms with E-state index < -0.39 is 17.9 Å². The third kappa shape index (κ3) is 8.42. The van der Waals surface area contributed by atoms with Crippen LogP contribution in [0.3, 0.4) is 0 Å². The Hall–Kier alpha value is -4.26. The predicted molar refractivity (Wildman–Crippen MR) is 142 cm³/mol. The van der Waals surface area contributed by atoms with Crippen LogP contribution >= 0.6 is 0 Å². The normalized spacial score (nSPS) is 12.8. The molecule has 2 aromatic carbocycles. The smallest absolute Gasteiger partial charge is 0.328 e. The molecule has 3 rings (SSSR count). The first kappa shape index (κ1) is 27.3. The molecule has 0 bridgehead atoms. The van der Waals surface area contributed by atoms with Gasteiger partial charge in [0.25, 0.3) is 5.91 Å². The van der Waals surface area contributed by atoms with E-state index in [0.717, 1.165) is 16.7 Å². The fourth-order valence-corrected chi connectivity index (χ4v) is 4.13. The van der Waals surface area contributed by atoms with Gasteiger partial charge in [0.1, 0.15) is 11.7 Å². The van der Waals surface area contributed by atoms with Gasteiger partial charge >= 0.3 is 11.9 Å². The van der Waals surface area contributed by atoms with E-state index in [1.807, 2.05) is 60.7 Å². The van der Waals surface area contributed by atoms with E-state index in [1.165, 1.54) is 20.4 Å². The van der Waals surface area contributed by atoms with Crippen molar-refractivity contribution in [2.24, 2.45) is 5.92 Å². The van der Waals surface area contributed by atoms with Gasteiger partial charge in [0.05, 0.1) is 14.2 Å². The van der Waals surface area contributed by atoms with E-state index in [1.54, 1.807) is 18.2 Å². The number of amides is 1. The quantitative estimate of drug-likeness (QED) is 0.280. The standard InChI is InChI=1S/C30H32N2O5/c1-36-27(33)19-18-24(28(30(35)37-2)32-29(34)26-15-9-10-20-31-26)16-17-25(23-13-7-4-8-14-23)21-22-11-5-3-6-12-22/h3-15,20-21,24,28H,16-19H2,1-2H3,(H,32,34)/b25-21-/t24-,28+/m1/s1. The van der Waals surface area contributed by atoms with Gasteiger partial charge in [-0.25, -0.2) is 4.79 Å². The zero-order valence-electron chi connectivity index (χ0n) is 21.1. The van der Waals surface area contributed by atoms with E-state index in [-0.39, 0.29) is 24.0 Å². The van der Waals surface area contributed by atoms with Crippen molar-refractivity contribution in [1.29, 1.82) is 0 Å². The van der Waals surface area contributed by atoms with Crippen molar-refractivity contribution in [2.75, 3.05) is 14.2 Å². The molecule has 7 nitrogen and oxygen atoms in total. The molecule has 0 radical (unpaired) electrons. The molecule has 0 saturated heterocycles. The van der Waals surface area contributed by atoms with Gasteiger partial charge in [-0.05, 0) is 54.0 Å². The van der Waals surface area contributed by atoms with Gasteiger partial charge in [0.15, 0.2) is 0 Å². The Balaban J connectivity index is 1.89. The summed E-state index contributed by atoms with van der Waals surface area (Å²) in [4.78, 5) is 41.8. The first-order chi connectivity index (χ1) is 18.0. The molecule has 2 atom stereocenters. The molecule has 0 saturated carbocycles. The van der Waals surface area contributed by atoms with Crippen LogP contribution in [0.4, 0.5) is 0 Å². The number of nitrogens with one attached hydrogen (secondary N) is 1. The van der Waals surface area contributed by atoms with Crippen molar-refractivity contribution in [3.63, 3.8) is 0 Å². The first-order valence-corrected chi connectivity index (χ1v) is 12.2. The summed E-state index contributed by atoms with van der Waals surface area (Å²) in [5.41, 5.74) is 3.39. The summed E-state index contributed by atoms with van der Waals surface area (Å²) in [5, 5.41) is 2.79. The molecule has 3 aromatic rings. The zero-order chi connectivity index (χ0) is 26.5. The number of hydrogen-bond acceptors (Lipinski definition) is 6. The van der Waals surface area contributed by atoms with Crippen molar-refractivity contribution < 1.29 is 23.9 Å². The second-order valence-electron chi connectivity index (χ2n) is 8.55. The Morgan fingerprint density at radius 2 is 1.49 bits per heavy atom. The lowest BCUT2D eigenvalue weighted by Gasteiger charge is -2.26. The van der Waals surface area contributed by atoms with Gasteiger partial charge in [-0.2, -0.15) is 0 Å². The van der Waals surface area contributed by atoms with Crippen LogP contribution in [-0.4, -0.2) is 43.1 Å². The van der Waals surface area contributed by atoms with Crippen LogP contribution in [0.15, 0.2) is 85.1 Å². The summed E-state index contributed by atoms with van der Waals surface area (Å²) in [6.07, 6.45) is 5.20. The Labute approximate surface area is 217 Å². The lowest BCUT2D eigenvalue weighted by molar-refractivity contribution is -0.146. The molecule has 0 aliphatic rings. The summed E-state index contributed by atoms with van der Waals surface area (Å²) in [6.45, 7) is 0. The number of nitrogens with zero attached hydrogens (tertiary/aromatic N) is 1. The second kappa shape index (κ2) is 14.3. The molecular formula is C30H32N2O5. The lowest BCUT2D eigenvalue weighted by atomic mass is 9.86. The van der Waals surface area contributed by atoms with Crippen molar-refractivity contribution in [1.82, 2.24) is 10.3 Å². The SMILES string of the molecule is COC(=O)CC[C@@H](CC/C(=C/c1ccccc1)c1ccccc1)[C@H](NC(=O)c1ccccn1)C(=O)OC. The first-order valence-electron chi connectivity index (χ1n) is 12.2. The van der Waals surface area contributed by atoms with E-state index in [9.17, 15) is 14.4 Å². The Morgan fingerprint density at radius 3 is 2.11 bits per heavy atom. The predicted octanol–water partition coefficient (Wildman–Crippen LogP) is 4.94. The highest BCUT2D eigenvalue weighted by Gasteiger charge is 2.32. The van der Waals surface area contributed by atoms with Gasteiger partial charge < -0.3 is 14.8 Å². The Kier molecular flexibility index (Phi) is 10.6. The molecule has 0 fully saturated rings. The zero-order valence-corrected chi connectivity index (χ0v) is 21.1. The minimum atomic E-state index is -0.960. The number of ether oxygens (including phenoxy) is 2. The molecule has 1 aromatic heterocycles. The van der Waals surface area contributed by atoms with E-state index in [2.05, 4.69) is 16.4 Å². The molecule has 1 heterocycles. The molecule has 0 aliphatic heterocycles. The Bertz CT molecular complexity index is 1180. The summed E-state index contributed by atoms with van der Waals surface area (Å²) >= 11 is 0. The second-order valence-corrected chi connectivity index (χ2v) is 8.55. The topological polar surface area (TPSA) is 94.6 Å². The van der Waals surface area contributed by atoms with E-state index in [0.29, 0.717) is 19.3 Å². The molecule has 1 N–H and O–H groups in total. The number of rotatable bonds is 12. The molecule has 7 heteroatoms. The molecule has 1 amide bonds. The average Bonchev–Trinajstić information content (AvgIpc) is 2.96. The van der Waals surface area contributed by atoms with Crippen LogP contribution in [0.5, 0.6) is 0 Å². The number of allylic oxidation sites excluding steroid dienone is 1.